The topological polar surface area (TPSA) is 72.2 Å². The van der Waals surface area contributed by atoms with Crippen LogP contribution in [0.25, 0.3) is 0 Å². The Labute approximate surface area is 192 Å². The molecule has 0 aromatic carbocycles. The summed E-state index contributed by atoms with van der Waals surface area (Å²) in [5.41, 5.74) is 5.46. The van der Waals surface area contributed by atoms with Crippen LogP contribution in [-0.2, 0) is 9.59 Å². The lowest BCUT2D eigenvalue weighted by Crippen LogP contribution is -2.45. The van der Waals surface area contributed by atoms with E-state index in [2.05, 4.69) is 45.5 Å². The highest BCUT2D eigenvalue weighted by atomic mass is 16.2. The third-order valence-corrected chi connectivity index (χ3v) is 5.67. The van der Waals surface area contributed by atoms with Crippen molar-refractivity contribution in [2.24, 2.45) is 5.73 Å². The van der Waals surface area contributed by atoms with Crippen LogP contribution in [0.15, 0.2) is 12.2 Å². The van der Waals surface area contributed by atoms with Crippen LogP contribution in [0, 0.1) is 0 Å². The highest BCUT2D eigenvalue weighted by Crippen LogP contribution is 2.10. The van der Waals surface area contributed by atoms with E-state index in [0.717, 1.165) is 30.3 Å². The molecule has 0 aliphatic heterocycles. The maximum atomic E-state index is 12.1. The molecule has 0 rings (SSSR count). The molecule has 0 radical (unpaired) electrons. The Morgan fingerprint density at radius 1 is 0.806 bits per heavy atom. The summed E-state index contributed by atoms with van der Waals surface area (Å²) in [6, 6.07) is -0.540. The molecule has 5 heteroatoms. The van der Waals surface area contributed by atoms with Crippen molar-refractivity contribution in [1.82, 2.24) is 5.32 Å². The Balaban J connectivity index is 3.63. The van der Waals surface area contributed by atoms with E-state index in [1.54, 1.807) is 0 Å². The molecule has 0 aliphatic carbocycles. The quantitative estimate of drug-likeness (QED) is 0.141. The molecule has 5 nitrogen and oxygen atoms in total. The number of nitrogens with one attached hydrogen (secondary N) is 1. The van der Waals surface area contributed by atoms with Gasteiger partial charge in [0.1, 0.15) is 6.04 Å². The van der Waals surface area contributed by atoms with Gasteiger partial charge in [-0.25, -0.2) is 0 Å². The van der Waals surface area contributed by atoms with Crippen LogP contribution in [0.2, 0.25) is 0 Å². The average molecular weight is 439 g/mol. The maximum absolute atomic E-state index is 12.1. The van der Waals surface area contributed by atoms with Gasteiger partial charge >= 0.3 is 0 Å². The first-order valence-corrected chi connectivity index (χ1v) is 12.8. The maximum Gasteiger partial charge on any atom is 0.240 e. The highest BCUT2D eigenvalue weighted by molar-refractivity contribution is 5.86. The Hall–Kier alpha value is -1.36. The summed E-state index contributed by atoms with van der Waals surface area (Å²) in [4.78, 5) is 23.7. The van der Waals surface area contributed by atoms with Gasteiger partial charge in [-0.3, -0.25) is 9.59 Å². The number of carbonyl (C=O) groups excluding carboxylic acids is 2. The molecular formula is C26H52N3O2+. The smallest absolute Gasteiger partial charge is 0.240 e. The molecule has 1 atom stereocenters. The molecular weight excluding hydrogens is 386 g/mol. The van der Waals surface area contributed by atoms with Crippen molar-refractivity contribution in [3.63, 3.8) is 0 Å². The minimum Gasteiger partial charge on any atom is -0.368 e. The first-order valence-electron chi connectivity index (χ1n) is 12.8. The van der Waals surface area contributed by atoms with Gasteiger partial charge in [-0.2, -0.15) is 0 Å². The summed E-state index contributed by atoms with van der Waals surface area (Å²) in [6.45, 7) is 3.21. The van der Waals surface area contributed by atoms with E-state index in [4.69, 9.17) is 5.73 Å². The minimum absolute atomic E-state index is 0.0494. The molecule has 0 spiro atoms. The molecule has 31 heavy (non-hydrogen) atoms. The monoisotopic (exact) mass is 438 g/mol. The first kappa shape index (κ1) is 29.6. The minimum atomic E-state index is -0.540. The van der Waals surface area contributed by atoms with Crippen LogP contribution in [-0.4, -0.2) is 50.0 Å². The molecule has 0 saturated heterocycles. The van der Waals surface area contributed by atoms with Gasteiger partial charge in [0.2, 0.25) is 11.8 Å². The number of quaternary nitrogens is 1. The second-order valence-electron chi connectivity index (χ2n) is 10.0. The molecule has 1 unspecified atom stereocenters. The lowest BCUT2D eigenvalue weighted by Gasteiger charge is -2.24. The molecule has 0 aliphatic rings. The largest absolute Gasteiger partial charge is 0.368 e. The summed E-state index contributed by atoms with van der Waals surface area (Å²) < 4.78 is 0.842. The fraction of sp³-hybridized carbons (Fsp3) is 0.846. The fourth-order valence-electron chi connectivity index (χ4n) is 3.68. The molecule has 0 saturated carbocycles. The summed E-state index contributed by atoms with van der Waals surface area (Å²) in [5, 5.41) is 2.82. The van der Waals surface area contributed by atoms with Gasteiger partial charge < -0.3 is 15.5 Å². The lowest BCUT2D eigenvalue weighted by atomic mass is 10.1. The third-order valence-electron chi connectivity index (χ3n) is 5.67. The fourth-order valence-corrected chi connectivity index (χ4v) is 3.68. The highest BCUT2D eigenvalue weighted by Gasteiger charge is 2.19. The van der Waals surface area contributed by atoms with Crippen molar-refractivity contribution >= 4 is 11.8 Å². The van der Waals surface area contributed by atoms with E-state index in [9.17, 15) is 9.59 Å². The Morgan fingerprint density at radius 2 is 1.32 bits per heavy atom. The van der Waals surface area contributed by atoms with E-state index in [1.807, 2.05) is 0 Å². The second-order valence-corrected chi connectivity index (χ2v) is 10.0. The lowest BCUT2D eigenvalue weighted by molar-refractivity contribution is -0.870. The predicted molar refractivity (Wildman–Crippen MR) is 133 cm³/mol. The first-order chi connectivity index (χ1) is 14.8. The van der Waals surface area contributed by atoms with Gasteiger partial charge in [-0.1, -0.05) is 70.4 Å². The zero-order valence-electron chi connectivity index (χ0n) is 21.1. The van der Waals surface area contributed by atoms with Crippen molar-refractivity contribution in [3.8, 4) is 0 Å². The molecule has 0 aromatic rings. The summed E-state index contributed by atoms with van der Waals surface area (Å²) in [6.07, 6.45) is 22.8. The van der Waals surface area contributed by atoms with Crippen LogP contribution in [0.3, 0.4) is 0 Å². The number of nitrogens with zero attached hydrogens (tertiary/aromatic N) is 1. The number of carbonyl (C=O) groups is 2. The van der Waals surface area contributed by atoms with Crippen molar-refractivity contribution in [2.75, 3.05) is 27.7 Å². The molecule has 0 aromatic heterocycles. The molecule has 2 amide bonds. The number of rotatable bonds is 21. The van der Waals surface area contributed by atoms with Gasteiger partial charge in [0.25, 0.3) is 0 Å². The number of amides is 2. The van der Waals surface area contributed by atoms with Crippen LogP contribution < -0.4 is 11.1 Å². The summed E-state index contributed by atoms with van der Waals surface area (Å²) in [7, 11) is 6.35. The number of unbranched alkanes of at least 4 members (excludes halogenated alkanes) is 11. The van der Waals surface area contributed by atoms with Crippen molar-refractivity contribution in [3.05, 3.63) is 12.2 Å². The molecule has 0 bridgehead atoms. The Bertz CT molecular complexity index is 484. The zero-order valence-corrected chi connectivity index (χ0v) is 21.1. The van der Waals surface area contributed by atoms with E-state index in [-0.39, 0.29) is 5.91 Å². The zero-order chi connectivity index (χ0) is 23.4. The van der Waals surface area contributed by atoms with E-state index in [0.29, 0.717) is 12.8 Å². The molecule has 0 heterocycles. The number of primary amides is 1. The van der Waals surface area contributed by atoms with Gasteiger partial charge in [0.15, 0.2) is 0 Å². The van der Waals surface area contributed by atoms with Crippen LogP contribution in [0.5, 0.6) is 0 Å². The summed E-state index contributed by atoms with van der Waals surface area (Å²) in [5.74, 6) is -0.481. The van der Waals surface area contributed by atoms with Gasteiger partial charge in [-0.15, -0.1) is 0 Å². The number of nitrogens with two attached hydrogens (primary N) is 1. The van der Waals surface area contributed by atoms with E-state index < -0.39 is 11.9 Å². The number of hydrogen-bond acceptors (Lipinski definition) is 2. The molecule has 0 fully saturated rings. The Kier molecular flexibility index (Phi) is 18.5. The van der Waals surface area contributed by atoms with Gasteiger partial charge in [-0.05, 0) is 44.9 Å². The standard InChI is InChI=1S/C26H51N3O2/c1-5-6-7-8-9-10-11-12-13-14-15-16-17-18-19-22-25(30)28-24(26(27)31)21-20-23-29(2,3)4/h12-13,24H,5-11,14-23H2,1-4H3,(H2-,27,28,30,31)/p+1/b13-12+. The predicted octanol–water partition coefficient (Wildman–Crippen LogP) is 5.48. The van der Waals surface area contributed by atoms with Crippen molar-refractivity contribution in [2.45, 2.75) is 116 Å². The third kappa shape index (κ3) is 21.7. The van der Waals surface area contributed by atoms with E-state index in [1.165, 1.54) is 70.6 Å². The molecule has 182 valence electrons. The van der Waals surface area contributed by atoms with Gasteiger partial charge in [0, 0.05) is 6.42 Å². The SMILES string of the molecule is CCCCCCCC/C=C/CCCCCCCC(=O)NC(CCC[N+](C)(C)C)C(N)=O. The normalized spacial score (nSPS) is 12.9. The second kappa shape index (κ2) is 19.3. The Morgan fingerprint density at radius 3 is 1.84 bits per heavy atom. The average Bonchev–Trinajstić information content (AvgIpc) is 2.69. The number of hydrogen-bond donors (Lipinski definition) is 2. The summed E-state index contributed by atoms with van der Waals surface area (Å²) >= 11 is 0. The van der Waals surface area contributed by atoms with Crippen LogP contribution in [0.1, 0.15) is 110 Å². The number of allylic oxidation sites excluding steroid dienone is 2. The van der Waals surface area contributed by atoms with Crippen molar-refractivity contribution < 1.29 is 14.1 Å². The van der Waals surface area contributed by atoms with E-state index >= 15 is 0 Å². The van der Waals surface area contributed by atoms with Crippen molar-refractivity contribution in [1.29, 1.82) is 0 Å². The van der Waals surface area contributed by atoms with Crippen LogP contribution >= 0.6 is 0 Å². The molecule has 3 N–H and O–H groups in total. The van der Waals surface area contributed by atoms with Crippen LogP contribution in [0.4, 0.5) is 0 Å². The van der Waals surface area contributed by atoms with Gasteiger partial charge in [0.05, 0.1) is 27.7 Å².